The van der Waals surface area contributed by atoms with Crippen LogP contribution in [0.4, 0.5) is 0 Å². The molecular formula is C10H18O4. The van der Waals surface area contributed by atoms with Crippen molar-refractivity contribution in [3.05, 3.63) is 0 Å². The maximum atomic E-state index is 10.8. The molecule has 1 aliphatic heterocycles. The summed E-state index contributed by atoms with van der Waals surface area (Å²) in [4.78, 5) is 10.8. The quantitative estimate of drug-likeness (QED) is 0.710. The fraction of sp³-hybridized carbons (Fsp3) is 0.900. The molecule has 0 aromatic carbocycles. The molecule has 4 heteroatoms. The van der Waals surface area contributed by atoms with Crippen LogP contribution in [0, 0.1) is 11.8 Å². The number of rotatable bonds is 4. The largest absolute Gasteiger partial charge is 0.479 e. The highest BCUT2D eigenvalue weighted by atomic mass is 16.5. The highest BCUT2D eigenvalue weighted by molar-refractivity contribution is 5.73. The zero-order valence-electron chi connectivity index (χ0n) is 8.64. The van der Waals surface area contributed by atoms with Crippen LogP contribution in [-0.2, 0) is 9.53 Å². The molecule has 2 N–H and O–H groups in total. The van der Waals surface area contributed by atoms with Crippen LogP contribution in [0.15, 0.2) is 0 Å². The molecule has 0 unspecified atom stereocenters. The van der Waals surface area contributed by atoms with Gasteiger partial charge in [0.15, 0.2) is 6.10 Å². The zero-order valence-corrected chi connectivity index (χ0v) is 8.64. The molecule has 0 aromatic rings. The van der Waals surface area contributed by atoms with E-state index >= 15 is 0 Å². The van der Waals surface area contributed by atoms with E-state index in [1.807, 2.05) is 13.8 Å². The average Bonchev–Trinajstić information content (AvgIpc) is 2.63. The van der Waals surface area contributed by atoms with Crippen LogP contribution in [0.1, 0.15) is 26.7 Å². The molecule has 0 aliphatic carbocycles. The van der Waals surface area contributed by atoms with Gasteiger partial charge in [-0.3, -0.25) is 0 Å². The lowest BCUT2D eigenvalue weighted by atomic mass is 9.86. The van der Waals surface area contributed by atoms with Crippen LogP contribution in [0.25, 0.3) is 0 Å². The summed E-state index contributed by atoms with van der Waals surface area (Å²) in [5.41, 5.74) is 0. The highest BCUT2D eigenvalue weighted by Crippen LogP contribution is 2.29. The van der Waals surface area contributed by atoms with Gasteiger partial charge in [-0.1, -0.05) is 20.3 Å². The number of hydrogen-bond acceptors (Lipinski definition) is 3. The van der Waals surface area contributed by atoms with E-state index < -0.39 is 18.2 Å². The third-order valence-corrected chi connectivity index (χ3v) is 3.05. The molecule has 0 spiro atoms. The fourth-order valence-electron chi connectivity index (χ4n) is 1.87. The molecule has 1 aliphatic rings. The van der Waals surface area contributed by atoms with Gasteiger partial charge in [-0.2, -0.15) is 0 Å². The highest BCUT2D eigenvalue weighted by Gasteiger charge is 2.40. The Kier molecular flexibility index (Phi) is 3.89. The Morgan fingerprint density at radius 3 is 2.79 bits per heavy atom. The Bertz CT molecular complexity index is 204. The summed E-state index contributed by atoms with van der Waals surface area (Å²) in [5.74, 6) is -1.08. The minimum Gasteiger partial charge on any atom is -0.479 e. The van der Waals surface area contributed by atoms with Gasteiger partial charge >= 0.3 is 5.97 Å². The van der Waals surface area contributed by atoms with Crippen LogP contribution in [0.3, 0.4) is 0 Å². The van der Waals surface area contributed by atoms with Crippen LogP contribution < -0.4 is 0 Å². The van der Waals surface area contributed by atoms with E-state index in [-0.39, 0.29) is 11.8 Å². The van der Waals surface area contributed by atoms with Crippen molar-refractivity contribution >= 4 is 5.97 Å². The molecule has 1 rings (SSSR count). The lowest BCUT2D eigenvalue weighted by Crippen LogP contribution is -2.37. The second-order valence-electron chi connectivity index (χ2n) is 3.96. The molecule has 1 heterocycles. The van der Waals surface area contributed by atoms with Gasteiger partial charge in [0, 0.05) is 12.5 Å². The van der Waals surface area contributed by atoms with Gasteiger partial charge in [-0.05, 0) is 12.3 Å². The monoisotopic (exact) mass is 202 g/mol. The van der Waals surface area contributed by atoms with Crippen molar-refractivity contribution in [1.29, 1.82) is 0 Å². The Balaban J connectivity index is 2.61. The summed E-state index contributed by atoms with van der Waals surface area (Å²) in [6, 6.07) is 0. The number of aliphatic hydroxyl groups excluding tert-OH is 1. The van der Waals surface area contributed by atoms with Crippen molar-refractivity contribution in [1.82, 2.24) is 0 Å². The predicted molar refractivity (Wildman–Crippen MR) is 50.9 cm³/mol. The first kappa shape index (κ1) is 11.5. The van der Waals surface area contributed by atoms with Gasteiger partial charge in [0.25, 0.3) is 0 Å². The van der Waals surface area contributed by atoms with E-state index in [0.717, 1.165) is 6.42 Å². The minimum absolute atomic E-state index is 0.128. The minimum atomic E-state index is -0.963. The molecule has 4 atom stereocenters. The van der Waals surface area contributed by atoms with E-state index in [4.69, 9.17) is 9.84 Å². The second kappa shape index (κ2) is 4.75. The number of aliphatic hydroxyl groups is 1. The van der Waals surface area contributed by atoms with E-state index in [2.05, 4.69) is 0 Å². The van der Waals surface area contributed by atoms with Crippen LogP contribution >= 0.6 is 0 Å². The maximum absolute atomic E-state index is 10.8. The van der Waals surface area contributed by atoms with E-state index in [9.17, 15) is 9.90 Å². The van der Waals surface area contributed by atoms with Gasteiger partial charge in [0.2, 0.25) is 0 Å². The lowest BCUT2D eigenvalue weighted by molar-refractivity contribution is -0.151. The second-order valence-corrected chi connectivity index (χ2v) is 3.96. The third kappa shape index (κ3) is 2.25. The summed E-state index contributed by atoms with van der Waals surface area (Å²) >= 11 is 0. The molecule has 0 radical (unpaired) electrons. The molecule has 0 amide bonds. The summed E-state index contributed by atoms with van der Waals surface area (Å²) in [6.07, 6.45) is 0.106. The van der Waals surface area contributed by atoms with Crippen molar-refractivity contribution in [3.63, 3.8) is 0 Å². The molecule has 82 valence electrons. The lowest BCUT2D eigenvalue weighted by Gasteiger charge is -2.25. The fourth-order valence-corrected chi connectivity index (χ4v) is 1.87. The van der Waals surface area contributed by atoms with Gasteiger partial charge < -0.3 is 14.9 Å². The molecule has 1 saturated heterocycles. The van der Waals surface area contributed by atoms with Crippen molar-refractivity contribution < 1.29 is 19.7 Å². The number of carbonyl (C=O) groups is 1. The maximum Gasteiger partial charge on any atom is 0.333 e. The third-order valence-electron chi connectivity index (χ3n) is 3.05. The number of aliphatic carboxylic acids is 1. The van der Waals surface area contributed by atoms with Crippen molar-refractivity contribution in [2.24, 2.45) is 11.8 Å². The molecule has 0 saturated carbocycles. The van der Waals surface area contributed by atoms with Gasteiger partial charge in [0.05, 0.1) is 6.10 Å². The Morgan fingerprint density at radius 1 is 1.64 bits per heavy atom. The standard InChI is InChI=1S/C10H18O4/c1-3-6(2)8(11)7-4-5-14-9(7)10(12)13/h6-9,11H,3-5H2,1-2H3,(H,12,13)/t6-,7-,8+,9+/m0/s1. The molecule has 14 heavy (non-hydrogen) atoms. The van der Waals surface area contributed by atoms with E-state index in [1.54, 1.807) is 0 Å². The predicted octanol–water partition coefficient (Wildman–Crippen LogP) is 0.883. The number of carboxylic acids is 1. The van der Waals surface area contributed by atoms with E-state index in [1.165, 1.54) is 0 Å². The number of ether oxygens (including phenoxy) is 1. The average molecular weight is 202 g/mol. The number of carboxylic acid groups (broad SMARTS) is 1. The topological polar surface area (TPSA) is 66.8 Å². The Morgan fingerprint density at radius 2 is 2.29 bits per heavy atom. The Hall–Kier alpha value is -0.610. The first-order valence-corrected chi connectivity index (χ1v) is 5.10. The molecular weight excluding hydrogens is 184 g/mol. The molecule has 0 bridgehead atoms. The first-order chi connectivity index (χ1) is 6.57. The smallest absolute Gasteiger partial charge is 0.333 e. The SMILES string of the molecule is CC[C@H](C)[C@@H](O)[C@@H]1CCO[C@H]1C(=O)O. The van der Waals surface area contributed by atoms with Gasteiger partial charge in [-0.25, -0.2) is 4.79 Å². The normalized spacial score (nSPS) is 31.4. The van der Waals surface area contributed by atoms with Crippen LogP contribution in [-0.4, -0.2) is 35.0 Å². The first-order valence-electron chi connectivity index (χ1n) is 5.10. The molecule has 0 aromatic heterocycles. The van der Waals surface area contributed by atoms with Crippen molar-refractivity contribution in [2.75, 3.05) is 6.61 Å². The summed E-state index contributed by atoms with van der Waals surface area (Å²) in [5, 5.41) is 18.7. The summed E-state index contributed by atoms with van der Waals surface area (Å²) < 4.78 is 5.08. The summed E-state index contributed by atoms with van der Waals surface area (Å²) in [6.45, 7) is 4.36. The van der Waals surface area contributed by atoms with E-state index in [0.29, 0.717) is 13.0 Å². The number of hydrogen-bond donors (Lipinski definition) is 2. The van der Waals surface area contributed by atoms with Gasteiger partial charge in [-0.15, -0.1) is 0 Å². The van der Waals surface area contributed by atoms with Crippen LogP contribution in [0.2, 0.25) is 0 Å². The molecule has 4 nitrogen and oxygen atoms in total. The van der Waals surface area contributed by atoms with Gasteiger partial charge in [0.1, 0.15) is 0 Å². The van der Waals surface area contributed by atoms with Crippen LogP contribution in [0.5, 0.6) is 0 Å². The Labute approximate surface area is 83.9 Å². The van der Waals surface area contributed by atoms with Crippen molar-refractivity contribution in [3.8, 4) is 0 Å². The van der Waals surface area contributed by atoms with Crippen molar-refractivity contribution in [2.45, 2.75) is 38.9 Å². The molecule has 1 fully saturated rings. The summed E-state index contributed by atoms with van der Waals surface area (Å²) in [7, 11) is 0. The zero-order chi connectivity index (χ0) is 10.7.